The van der Waals surface area contributed by atoms with E-state index in [1.165, 1.54) is 7.11 Å². The average molecular weight is 419 g/mol. The summed E-state index contributed by atoms with van der Waals surface area (Å²) in [5.74, 6) is -0.0604. The summed E-state index contributed by atoms with van der Waals surface area (Å²) < 4.78 is 11.2. The molecule has 0 saturated carbocycles. The minimum absolute atomic E-state index is 0.178. The van der Waals surface area contributed by atoms with Gasteiger partial charge in [-0.1, -0.05) is 22.9 Å². The molecule has 2 N–H and O–H groups in total. The molecule has 1 unspecified atom stereocenters. The molecule has 0 fully saturated rings. The molecule has 0 radical (unpaired) electrons. The van der Waals surface area contributed by atoms with Crippen molar-refractivity contribution in [1.82, 2.24) is 10.3 Å². The number of methoxy groups -OCH3 is 1. The van der Waals surface area contributed by atoms with Crippen LogP contribution in [0.5, 0.6) is 0 Å². The van der Waals surface area contributed by atoms with Gasteiger partial charge in [0.2, 0.25) is 0 Å². The summed E-state index contributed by atoms with van der Waals surface area (Å²) in [4.78, 5) is 27.8. The van der Waals surface area contributed by atoms with Gasteiger partial charge in [-0.25, -0.2) is 4.79 Å². The molecule has 6 nitrogen and oxygen atoms in total. The zero-order chi connectivity index (χ0) is 18.7. The van der Waals surface area contributed by atoms with E-state index >= 15 is 0 Å². The fraction of sp³-hybridized carbons (Fsp3) is 0.263. The molecule has 2 aromatic heterocycles. The van der Waals surface area contributed by atoms with Crippen molar-refractivity contribution in [3.63, 3.8) is 0 Å². The van der Waals surface area contributed by atoms with Gasteiger partial charge in [-0.05, 0) is 35.9 Å². The van der Waals surface area contributed by atoms with E-state index in [1.807, 2.05) is 31.3 Å². The largest absolute Gasteiger partial charge is 0.467 e. The van der Waals surface area contributed by atoms with Gasteiger partial charge in [0.15, 0.2) is 5.76 Å². The molecule has 1 aromatic carbocycles. The topological polar surface area (TPSA) is 84.3 Å². The summed E-state index contributed by atoms with van der Waals surface area (Å²) in [5, 5.41) is 3.69. The fourth-order valence-electron chi connectivity index (χ4n) is 2.79. The number of carbonyl (C=O) groups is 2. The van der Waals surface area contributed by atoms with E-state index in [2.05, 4.69) is 26.2 Å². The van der Waals surface area contributed by atoms with Crippen molar-refractivity contribution in [3.8, 4) is 0 Å². The monoisotopic (exact) mass is 418 g/mol. The van der Waals surface area contributed by atoms with Gasteiger partial charge in [-0.15, -0.1) is 0 Å². The van der Waals surface area contributed by atoms with E-state index in [0.717, 1.165) is 20.9 Å². The summed E-state index contributed by atoms with van der Waals surface area (Å²) in [6.07, 6.45) is 2.83. The number of hydrogen-bond donors (Lipinski definition) is 2. The molecular formula is C19H19BrN2O4. The molecule has 0 saturated heterocycles. The maximum Gasteiger partial charge on any atom is 0.328 e. The fourth-order valence-corrected chi connectivity index (χ4v) is 3.16. The van der Waals surface area contributed by atoms with Crippen LogP contribution in [0.2, 0.25) is 0 Å². The van der Waals surface area contributed by atoms with Crippen LogP contribution in [0.1, 0.15) is 28.8 Å². The van der Waals surface area contributed by atoms with Gasteiger partial charge in [-0.2, -0.15) is 0 Å². The molecular weight excluding hydrogens is 400 g/mol. The smallest absolute Gasteiger partial charge is 0.328 e. The Hall–Kier alpha value is -2.54. The third kappa shape index (κ3) is 3.83. The molecule has 26 heavy (non-hydrogen) atoms. The highest BCUT2D eigenvalue weighted by Gasteiger charge is 2.25. The number of aromatic nitrogens is 1. The number of aryl methyl sites for hydroxylation is 1. The minimum Gasteiger partial charge on any atom is -0.467 e. The number of rotatable bonds is 6. The summed E-state index contributed by atoms with van der Waals surface area (Å²) >= 11 is 3.45. The zero-order valence-electron chi connectivity index (χ0n) is 14.5. The second-order valence-corrected chi connectivity index (χ2v) is 6.79. The number of benzene rings is 1. The molecule has 0 spiro atoms. The number of amides is 1. The quantitative estimate of drug-likeness (QED) is 0.598. The highest BCUT2D eigenvalue weighted by molar-refractivity contribution is 9.10. The van der Waals surface area contributed by atoms with Gasteiger partial charge < -0.3 is 19.5 Å². The van der Waals surface area contributed by atoms with Gasteiger partial charge in [0.1, 0.15) is 11.8 Å². The second-order valence-electron chi connectivity index (χ2n) is 5.88. The summed E-state index contributed by atoms with van der Waals surface area (Å²) in [7, 11) is 1.30. The first-order valence-electron chi connectivity index (χ1n) is 8.24. The highest BCUT2D eigenvalue weighted by atomic mass is 79.9. The van der Waals surface area contributed by atoms with Gasteiger partial charge in [0, 0.05) is 34.4 Å². The number of esters is 1. The first kappa shape index (κ1) is 18.3. The van der Waals surface area contributed by atoms with Crippen molar-refractivity contribution in [1.29, 1.82) is 0 Å². The lowest BCUT2D eigenvalue weighted by molar-refractivity contribution is -0.142. The molecule has 1 atom stereocenters. The molecule has 7 heteroatoms. The number of hydrogen-bond acceptors (Lipinski definition) is 4. The number of H-pyrrole nitrogens is 1. The van der Waals surface area contributed by atoms with Crippen LogP contribution >= 0.6 is 15.9 Å². The van der Waals surface area contributed by atoms with Crippen molar-refractivity contribution in [2.24, 2.45) is 0 Å². The number of fused-ring (bicyclic) bond motifs is 1. The van der Waals surface area contributed by atoms with Crippen LogP contribution in [0.3, 0.4) is 0 Å². The van der Waals surface area contributed by atoms with Crippen molar-refractivity contribution in [2.75, 3.05) is 7.11 Å². The average Bonchev–Trinajstić information content (AvgIpc) is 3.27. The Morgan fingerprint density at radius 1 is 1.31 bits per heavy atom. The molecule has 0 aliphatic heterocycles. The summed E-state index contributed by atoms with van der Waals surface area (Å²) in [6, 6.07) is 8.39. The SMILES string of the molecule is CCc1ccc(C(=O)NC(Cc2c[nH]c3ccc(Br)cc23)C(=O)OC)o1. The molecule has 0 aliphatic rings. The number of ether oxygens (including phenoxy) is 1. The Kier molecular flexibility index (Phi) is 5.46. The number of halogens is 1. The van der Waals surface area contributed by atoms with E-state index in [9.17, 15) is 9.59 Å². The van der Waals surface area contributed by atoms with Gasteiger partial charge in [0.25, 0.3) is 5.91 Å². The van der Waals surface area contributed by atoms with Crippen molar-refractivity contribution in [3.05, 3.63) is 58.1 Å². The Morgan fingerprint density at radius 3 is 2.81 bits per heavy atom. The Labute approximate surface area is 159 Å². The molecule has 0 bridgehead atoms. The van der Waals surface area contributed by atoms with Crippen LogP contribution in [0.25, 0.3) is 10.9 Å². The maximum absolute atomic E-state index is 12.4. The third-order valence-electron chi connectivity index (χ3n) is 4.18. The molecule has 2 heterocycles. The summed E-state index contributed by atoms with van der Waals surface area (Å²) in [6.45, 7) is 1.94. The van der Waals surface area contributed by atoms with Gasteiger partial charge >= 0.3 is 5.97 Å². The molecule has 136 valence electrons. The number of nitrogens with one attached hydrogen (secondary N) is 2. The van der Waals surface area contributed by atoms with E-state index in [0.29, 0.717) is 18.6 Å². The first-order valence-corrected chi connectivity index (χ1v) is 9.04. The number of carbonyl (C=O) groups excluding carboxylic acids is 2. The lowest BCUT2D eigenvalue weighted by atomic mass is 10.0. The molecule has 3 aromatic rings. The van der Waals surface area contributed by atoms with Crippen LogP contribution in [-0.2, 0) is 22.4 Å². The molecule has 3 rings (SSSR count). The number of furan rings is 1. The lowest BCUT2D eigenvalue weighted by Gasteiger charge is -2.15. The van der Waals surface area contributed by atoms with Gasteiger partial charge in [0.05, 0.1) is 7.11 Å². The van der Waals surface area contributed by atoms with Crippen molar-refractivity contribution >= 4 is 38.7 Å². The number of aromatic amines is 1. The highest BCUT2D eigenvalue weighted by Crippen LogP contribution is 2.24. The van der Waals surface area contributed by atoms with E-state index in [1.54, 1.807) is 12.1 Å². The van der Waals surface area contributed by atoms with Crippen LogP contribution in [0.15, 0.2) is 45.4 Å². The normalized spacial score (nSPS) is 12.1. The van der Waals surface area contributed by atoms with E-state index in [-0.39, 0.29) is 5.76 Å². The Morgan fingerprint density at radius 2 is 2.12 bits per heavy atom. The van der Waals surface area contributed by atoms with Crippen LogP contribution in [0, 0.1) is 0 Å². The lowest BCUT2D eigenvalue weighted by Crippen LogP contribution is -2.42. The van der Waals surface area contributed by atoms with Crippen LogP contribution in [-0.4, -0.2) is 30.0 Å². The predicted molar refractivity (Wildman–Crippen MR) is 101 cm³/mol. The minimum atomic E-state index is -0.819. The van der Waals surface area contributed by atoms with Crippen molar-refractivity contribution < 1.29 is 18.7 Å². The van der Waals surface area contributed by atoms with Gasteiger partial charge in [-0.3, -0.25) is 4.79 Å². The molecule has 0 aliphatic carbocycles. The first-order chi connectivity index (χ1) is 12.5. The van der Waals surface area contributed by atoms with E-state index in [4.69, 9.17) is 9.15 Å². The third-order valence-corrected chi connectivity index (χ3v) is 4.67. The van der Waals surface area contributed by atoms with Crippen LogP contribution in [0.4, 0.5) is 0 Å². The second kappa shape index (κ2) is 7.78. The predicted octanol–water partition coefficient (Wildman–Crippen LogP) is 3.60. The Balaban J connectivity index is 1.82. The maximum atomic E-state index is 12.4. The zero-order valence-corrected chi connectivity index (χ0v) is 16.1. The van der Waals surface area contributed by atoms with Crippen molar-refractivity contribution in [2.45, 2.75) is 25.8 Å². The molecule has 1 amide bonds. The Bertz CT molecular complexity index is 944. The van der Waals surface area contributed by atoms with E-state index < -0.39 is 17.9 Å². The standard InChI is InChI=1S/C19H19BrN2O4/c1-3-13-5-7-17(26-13)18(23)22-16(19(24)25-2)8-11-10-21-15-6-4-12(20)9-14(11)15/h4-7,9-10,16,21H,3,8H2,1-2H3,(H,22,23). The summed E-state index contributed by atoms with van der Waals surface area (Å²) in [5.41, 5.74) is 1.86. The van der Waals surface area contributed by atoms with Crippen LogP contribution < -0.4 is 5.32 Å².